The van der Waals surface area contributed by atoms with Gasteiger partial charge in [-0.1, -0.05) is 57.2 Å². The molecule has 0 saturated carbocycles. The van der Waals surface area contributed by atoms with Crippen LogP contribution >= 0.6 is 0 Å². The first kappa shape index (κ1) is 15.2. The van der Waals surface area contributed by atoms with Gasteiger partial charge in [0.1, 0.15) is 5.82 Å². The third-order valence-corrected chi connectivity index (χ3v) is 5.04. The molecule has 0 saturated heterocycles. The molecule has 122 valence electrons. The summed E-state index contributed by atoms with van der Waals surface area (Å²) in [4.78, 5) is 7.18. The molecule has 0 radical (unpaired) electrons. The van der Waals surface area contributed by atoms with Crippen molar-refractivity contribution in [1.29, 1.82) is 0 Å². The maximum absolute atomic E-state index is 4.75. The second kappa shape index (κ2) is 5.62. The molecule has 1 aliphatic rings. The molecule has 0 fully saturated rings. The maximum Gasteiger partial charge on any atom is 0.136 e. The highest BCUT2D eigenvalue weighted by atomic mass is 15.2. The van der Waals surface area contributed by atoms with E-state index in [0.29, 0.717) is 0 Å². The van der Waals surface area contributed by atoms with Gasteiger partial charge in [0.2, 0.25) is 0 Å². The molecule has 0 atom stereocenters. The highest BCUT2D eigenvalue weighted by Crippen LogP contribution is 2.32. The summed E-state index contributed by atoms with van der Waals surface area (Å²) in [5.74, 6) is 1.12. The lowest BCUT2D eigenvalue weighted by Crippen LogP contribution is -2.31. The summed E-state index contributed by atoms with van der Waals surface area (Å²) in [6.07, 6.45) is 3.03. The van der Waals surface area contributed by atoms with E-state index in [1.165, 1.54) is 27.5 Å². The normalized spacial score (nSPS) is 14.7. The molecule has 0 aliphatic carbocycles. The molecule has 2 aromatic carbocycles. The van der Waals surface area contributed by atoms with Crippen molar-refractivity contribution >= 4 is 16.6 Å². The van der Waals surface area contributed by atoms with Crippen molar-refractivity contribution in [3.8, 4) is 0 Å². The van der Waals surface area contributed by atoms with Crippen LogP contribution in [0, 0.1) is 0 Å². The SMILES string of the molecule is CC(C)(C)c1ccc2ccnc(N3CCc4ccccc4C3)c2c1. The summed E-state index contributed by atoms with van der Waals surface area (Å²) >= 11 is 0. The molecular formula is C22H24N2. The number of nitrogens with zero attached hydrogens (tertiary/aromatic N) is 2. The zero-order valence-corrected chi connectivity index (χ0v) is 14.7. The van der Waals surface area contributed by atoms with Crippen molar-refractivity contribution in [3.05, 3.63) is 71.4 Å². The van der Waals surface area contributed by atoms with Crippen LogP contribution in [-0.2, 0) is 18.4 Å². The van der Waals surface area contributed by atoms with E-state index < -0.39 is 0 Å². The molecule has 0 amide bonds. The fourth-order valence-electron chi connectivity index (χ4n) is 3.55. The Morgan fingerprint density at radius 2 is 1.75 bits per heavy atom. The second-order valence-electron chi connectivity index (χ2n) is 7.76. The lowest BCUT2D eigenvalue weighted by Gasteiger charge is -2.31. The van der Waals surface area contributed by atoms with Gasteiger partial charge in [0.05, 0.1) is 0 Å². The van der Waals surface area contributed by atoms with Gasteiger partial charge in [-0.05, 0) is 46.0 Å². The average Bonchev–Trinajstić information content (AvgIpc) is 2.59. The second-order valence-corrected chi connectivity index (χ2v) is 7.76. The minimum absolute atomic E-state index is 0.149. The Labute approximate surface area is 144 Å². The number of hydrogen-bond acceptors (Lipinski definition) is 2. The summed E-state index contributed by atoms with van der Waals surface area (Å²) < 4.78 is 0. The quantitative estimate of drug-likeness (QED) is 0.621. The largest absolute Gasteiger partial charge is 0.351 e. The third kappa shape index (κ3) is 2.66. The van der Waals surface area contributed by atoms with E-state index in [1.807, 2.05) is 6.20 Å². The van der Waals surface area contributed by atoms with E-state index in [9.17, 15) is 0 Å². The summed E-state index contributed by atoms with van der Waals surface area (Å²) in [5.41, 5.74) is 4.41. The van der Waals surface area contributed by atoms with Crippen molar-refractivity contribution in [1.82, 2.24) is 4.98 Å². The fraction of sp³-hybridized carbons (Fsp3) is 0.318. The van der Waals surface area contributed by atoms with Crippen LogP contribution in [0.25, 0.3) is 10.8 Å². The van der Waals surface area contributed by atoms with Gasteiger partial charge in [-0.2, -0.15) is 0 Å². The van der Waals surface area contributed by atoms with E-state index in [1.54, 1.807) is 0 Å². The Morgan fingerprint density at radius 3 is 2.54 bits per heavy atom. The van der Waals surface area contributed by atoms with E-state index in [4.69, 9.17) is 4.98 Å². The van der Waals surface area contributed by atoms with Gasteiger partial charge in [-0.3, -0.25) is 0 Å². The van der Waals surface area contributed by atoms with Crippen LogP contribution in [0.4, 0.5) is 5.82 Å². The summed E-state index contributed by atoms with van der Waals surface area (Å²) in [7, 11) is 0. The van der Waals surface area contributed by atoms with Gasteiger partial charge in [0, 0.05) is 24.7 Å². The summed E-state index contributed by atoms with van der Waals surface area (Å²) in [5, 5.41) is 2.54. The minimum Gasteiger partial charge on any atom is -0.351 e. The number of hydrogen-bond donors (Lipinski definition) is 0. The molecule has 3 aromatic rings. The number of benzene rings is 2. The van der Waals surface area contributed by atoms with Crippen molar-refractivity contribution < 1.29 is 0 Å². The molecule has 2 nitrogen and oxygen atoms in total. The Hall–Kier alpha value is -2.35. The van der Waals surface area contributed by atoms with Crippen LogP contribution in [0.1, 0.15) is 37.5 Å². The van der Waals surface area contributed by atoms with Gasteiger partial charge < -0.3 is 4.90 Å². The summed E-state index contributed by atoms with van der Waals surface area (Å²) in [6, 6.07) is 17.7. The van der Waals surface area contributed by atoms with Gasteiger partial charge in [0.25, 0.3) is 0 Å². The zero-order valence-electron chi connectivity index (χ0n) is 14.7. The van der Waals surface area contributed by atoms with Gasteiger partial charge in [-0.15, -0.1) is 0 Å². The number of fused-ring (bicyclic) bond motifs is 2. The minimum atomic E-state index is 0.149. The third-order valence-electron chi connectivity index (χ3n) is 5.04. The molecule has 1 aliphatic heterocycles. The first-order valence-corrected chi connectivity index (χ1v) is 8.73. The standard InChI is InChI=1S/C22H24N2/c1-22(2,3)19-9-8-17-10-12-23-21(20(17)14-19)24-13-11-16-6-4-5-7-18(16)15-24/h4-10,12,14H,11,13,15H2,1-3H3. The fourth-order valence-corrected chi connectivity index (χ4v) is 3.55. The van der Waals surface area contributed by atoms with E-state index in [0.717, 1.165) is 25.3 Å². The average molecular weight is 316 g/mol. The summed E-state index contributed by atoms with van der Waals surface area (Å²) in [6.45, 7) is 8.77. The Balaban J connectivity index is 1.79. The number of anilines is 1. The van der Waals surface area contributed by atoms with Crippen LogP contribution < -0.4 is 4.90 Å². The molecule has 0 N–H and O–H groups in total. The highest BCUT2D eigenvalue weighted by Gasteiger charge is 2.20. The lowest BCUT2D eigenvalue weighted by atomic mass is 9.86. The van der Waals surface area contributed by atoms with Gasteiger partial charge in [-0.25, -0.2) is 4.98 Å². The monoisotopic (exact) mass is 316 g/mol. The van der Waals surface area contributed by atoms with Crippen LogP contribution in [0.5, 0.6) is 0 Å². The molecule has 24 heavy (non-hydrogen) atoms. The van der Waals surface area contributed by atoms with Crippen LogP contribution in [0.3, 0.4) is 0 Å². The first-order chi connectivity index (χ1) is 11.5. The Morgan fingerprint density at radius 1 is 0.958 bits per heavy atom. The number of rotatable bonds is 1. The topological polar surface area (TPSA) is 16.1 Å². The van der Waals surface area contributed by atoms with Crippen molar-refractivity contribution in [2.75, 3.05) is 11.4 Å². The molecular weight excluding hydrogens is 292 g/mol. The van der Waals surface area contributed by atoms with Crippen molar-refractivity contribution in [3.63, 3.8) is 0 Å². The number of aromatic nitrogens is 1. The molecule has 1 aromatic heterocycles. The number of pyridine rings is 1. The van der Waals surface area contributed by atoms with Crippen LogP contribution in [0.15, 0.2) is 54.7 Å². The Bertz CT molecular complexity index is 890. The van der Waals surface area contributed by atoms with Gasteiger partial charge in [0.15, 0.2) is 0 Å². The smallest absolute Gasteiger partial charge is 0.136 e. The van der Waals surface area contributed by atoms with Crippen molar-refractivity contribution in [2.24, 2.45) is 0 Å². The Kier molecular flexibility index (Phi) is 3.56. The molecule has 0 unspecified atom stereocenters. The van der Waals surface area contributed by atoms with Gasteiger partial charge >= 0.3 is 0 Å². The van der Waals surface area contributed by atoms with E-state index in [-0.39, 0.29) is 5.41 Å². The molecule has 2 heterocycles. The van der Waals surface area contributed by atoms with Crippen LogP contribution in [-0.4, -0.2) is 11.5 Å². The maximum atomic E-state index is 4.75. The zero-order chi connectivity index (χ0) is 16.7. The molecule has 4 rings (SSSR count). The van der Waals surface area contributed by atoms with Crippen LogP contribution in [0.2, 0.25) is 0 Å². The first-order valence-electron chi connectivity index (χ1n) is 8.73. The molecule has 2 heteroatoms. The molecule has 0 spiro atoms. The van der Waals surface area contributed by atoms with Crippen molar-refractivity contribution in [2.45, 2.75) is 39.2 Å². The highest BCUT2D eigenvalue weighted by molar-refractivity contribution is 5.93. The van der Waals surface area contributed by atoms with E-state index >= 15 is 0 Å². The lowest BCUT2D eigenvalue weighted by molar-refractivity contribution is 0.591. The van der Waals surface area contributed by atoms with E-state index in [2.05, 4.69) is 74.2 Å². The predicted octanol–water partition coefficient (Wildman–Crippen LogP) is 5.10. The predicted molar refractivity (Wildman–Crippen MR) is 102 cm³/mol. The molecule has 0 bridgehead atoms.